The van der Waals surface area contributed by atoms with Crippen molar-refractivity contribution in [1.29, 1.82) is 0 Å². The smallest absolute Gasteiger partial charge is 0.323 e. The van der Waals surface area contributed by atoms with Crippen LogP contribution >= 0.6 is 0 Å². The lowest BCUT2D eigenvalue weighted by molar-refractivity contribution is -0.140. The molecule has 1 aliphatic rings. The first kappa shape index (κ1) is 15.3. The molecule has 0 aromatic carbocycles. The summed E-state index contributed by atoms with van der Waals surface area (Å²) in [6, 6.07) is -0.249. The summed E-state index contributed by atoms with van der Waals surface area (Å²) in [4.78, 5) is 36.6. The first-order valence-electron chi connectivity index (χ1n) is 6.26. The lowest BCUT2D eigenvalue weighted by Gasteiger charge is -2.26. The van der Waals surface area contributed by atoms with Crippen molar-refractivity contribution in [2.45, 2.75) is 31.7 Å². The van der Waals surface area contributed by atoms with E-state index >= 15 is 0 Å². The van der Waals surface area contributed by atoms with E-state index in [1.54, 1.807) is 7.05 Å². The highest BCUT2D eigenvalue weighted by Gasteiger charge is 2.35. The summed E-state index contributed by atoms with van der Waals surface area (Å²) in [5, 5.41) is 8.80. The van der Waals surface area contributed by atoms with Crippen molar-refractivity contribution in [3.63, 3.8) is 0 Å². The van der Waals surface area contributed by atoms with Crippen molar-refractivity contribution in [1.82, 2.24) is 9.80 Å². The molecule has 0 radical (unpaired) electrons. The molecule has 7 heteroatoms. The second-order valence-corrected chi connectivity index (χ2v) is 4.64. The maximum atomic E-state index is 12.1. The van der Waals surface area contributed by atoms with Crippen molar-refractivity contribution in [3.05, 3.63) is 0 Å². The van der Waals surface area contributed by atoms with Gasteiger partial charge in [0, 0.05) is 26.1 Å². The number of ether oxygens (including phenoxy) is 1. The van der Waals surface area contributed by atoms with Gasteiger partial charge in [0.1, 0.15) is 6.54 Å². The molecule has 0 heterocycles. The fraction of sp³-hybridized carbons (Fsp3) is 0.750. The van der Waals surface area contributed by atoms with Crippen molar-refractivity contribution in [2.75, 3.05) is 27.2 Å². The van der Waals surface area contributed by atoms with E-state index in [1.165, 1.54) is 16.9 Å². The molecule has 1 N–H and O–H groups in total. The number of esters is 1. The van der Waals surface area contributed by atoms with E-state index in [0.717, 1.165) is 12.8 Å². The Bertz CT molecular complexity index is 354. The van der Waals surface area contributed by atoms with Crippen LogP contribution in [0.25, 0.3) is 0 Å². The van der Waals surface area contributed by atoms with Crippen LogP contribution in [0.1, 0.15) is 25.7 Å². The van der Waals surface area contributed by atoms with E-state index in [-0.39, 0.29) is 31.0 Å². The number of carbonyl (C=O) groups excluding carboxylic acids is 2. The van der Waals surface area contributed by atoms with Gasteiger partial charge in [0.2, 0.25) is 0 Å². The van der Waals surface area contributed by atoms with E-state index in [0.29, 0.717) is 13.0 Å². The maximum absolute atomic E-state index is 12.1. The van der Waals surface area contributed by atoms with Crippen LogP contribution in [0.5, 0.6) is 0 Å². The number of carboxylic acids is 1. The molecule has 0 unspecified atom stereocenters. The molecule has 19 heavy (non-hydrogen) atoms. The summed E-state index contributed by atoms with van der Waals surface area (Å²) in [5.74, 6) is -1.33. The molecule has 7 nitrogen and oxygen atoms in total. The highest BCUT2D eigenvalue weighted by molar-refractivity contribution is 5.80. The van der Waals surface area contributed by atoms with Gasteiger partial charge in [0.15, 0.2) is 0 Å². The minimum absolute atomic E-state index is 0.0478. The molecule has 1 aliphatic carbocycles. The van der Waals surface area contributed by atoms with Gasteiger partial charge in [-0.3, -0.25) is 9.59 Å². The van der Waals surface area contributed by atoms with Crippen LogP contribution in [0, 0.1) is 0 Å². The Hall–Kier alpha value is -1.79. The van der Waals surface area contributed by atoms with E-state index in [9.17, 15) is 14.4 Å². The molecule has 0 aromatic rings. The average Bonchev–Trinajstić information content (AvgIpc) is 3.18. The summed E-state index contributed by atoms with van der Waals surface area (Å²) in [7, 11) is 2.93. The predicted molar refractivity (Wildman–Crippen MR) is 66.6 cm³/mol. The van der Waals surface area contributed by atoms with Crippen LogP contribution < -0.4 is 0 Å². The van der Waals surface area contributed by atoms with Crippen molar-refractivity contribution in [3.8, 4) is 0 Å². The third-order valence-electron chi connectivity index (χ3n) is 2.97. The molecule has 0 atom stereocenters. The standard InChI is InChI=1S/C12H20N2O5/c1-13(7-3-4-11(17)19-2)12(18)14(8-10(15)16)9-5-6-9/h9H,3-8H2,1-2H3,(H,15,16). The number of amides is 2. The molecule has 0 aromatic heterocycles. The van der Waals surface area contributed by atoms with Gasteiger partial charge in [0.05, 0.1) is 7.11 Å². The number of carboxylic acid groups (broad SMARTS) is 1. The Balaban J connectivity index is 2.40. The highest BCUT2D eigenvalue weighted by atomic mass is 16.5. The van der Waals surface area contributed by atoms with Crippen molar-refractivity contribution >= 4 is 18.0 Å². The van der Waals surface area contributed by atoms with Crippen LogP contribution in [0.4, 0.5) is 4.79 Å². The zero-order valence-electron chi connectivity index (χ0n) is 11.3. The van der Waals surface area contributed by atoms with Crippen LogP contribution in [0.15, 0.2) is 0 Å². The molecular weight excluding hydrogens is 252 g/mol. The Kier molecular flexibility index (Phi) is 5.59. The quantitative estimate of drug-likeness (QED) is 0.683. The van der Waals surface area contributed by atoms with Crippen molar-refractivity contribution < 1.29 is 24.2 Å². The van der Waals surface area contributed by atoms with Crippen LogP contribution in [-0.4, -0.2) is 66.2 Å². The summed E-state index contributed by atoms with van der Waals surface area (Å²) < 4.78 is 4.51. The Morgan fingerprint density at radius 3 is 2.42 bits per heavy atom. The Labute approximate surface area is 112 Å². The summed E-state index contributed by atoms with van der Waals surface area (Å²) in [5.41, 5.74) is 0. The van der Waals surface area contributed by atoms with Gasteiger partial charge in [0.25, 0.3) is 0 Å². The lowest BCUT2D eigenvalue weighted by atomic mass is 10.3. The number of hydrogen-bond donors (Lipinski definition) is 1. The molecule has 0 aliphatic heterocycles. The zero-order chi connectivity index (χ0) is 14.4. The summed E-state index contributed by atoms with van der Waals surface area (Å²) in [6.45, 7) is 0.127. The molecular formula is C12H20N2O5. The fourth-order valence-corrected chi connectivity index (χ4v) is 1.76. The predicted octanol–water partition coefficient (Wildman–Crippen LogP) is 0.540. The third kappa shape index (κ3) is 5.15. The van der Waals surface area contributed by atoms with Gasteiger partial charge in [-0.25, -0.2) is 4.79 Å². The lowest BCUT2D eigenvalue weighted by Crippen LogP contribution is -2.45. The second-order valence-electron chi connectivity index (χ2n) is 4.64. The van der Waals surface area contributed by atoms with Crippen LogP contribution in [0.2, 0.25) is 0 Å². The fourth-order valence-electron chi connectivity index (χ4n) is 1.76. The SMILES string of the molecule is COC(=O)CCCN(C)C(=O)N(CC(=O)O)C1CC1. The van der Waals surface area contributed by atoms with Gasteiger partial charge in [-0.15, -0.1) is 0 Å². The van der Waals surface area contributed by atoms with Gasteiger partial charge in [-0.2, -0.15) is 0 Å². The molecule has 1 saturated carbocycles. The van der Waals surface area contributed by atoms with E-state index in [1.807, 2.05) is 0 Å². The zero-order valence-corrected chi connectivity index (χ0v) is 11.3. The van der Waals surface area contributed by atoms with Gasteiger partial charge in [-0.05, 0) is 19.3 Å². The normalized spacial score (nSPS) is 13.8. The van der Waals surface area contributed by atoms with Gasteiger partial charge < -0.3 is 19.6 Å². The third-order valence-corrected chi connectivity index (χ3v) is 2.97. The Morgan fingerprint density at radius 1 is 1.32 bits per heavy atom. The van der Waals surface area contributed by atoms with Gasteiger partial charge in [-0.1, -0.05) is 0 Å². The minimum Gasteiger partial charge on any atom is -0.480 e. The summed E-state index contributed by atoms with van der Waals surface area (Å²) in [6.07, 6.45) is 2.46. The molecule has 0 bridgehead atoms. The maximum Gasteiger partial charge on any atom is 0.323 e. The summed E-state index contributed by atoms with van der Waals surface area (Å²) >= 11 is 0. The topological polar surface area (TPSA) is 87.2 Å². The van der Waals surface area contributed by atoms with E-state index in [4.69, 9.17) is 5.11 Å². The monoisotopic (exact) mass is 272 g/mol. The van der Waals surface area contributed by atoms with Crippen molar-refractivity contribution in [2.24, 2.45) is 0 Å². The number of urea groups is 1. The number of aliphatic carboxylic acids is 1. The molecule has 1 rings (SSSR count). The van der Waals surface area contributed by atoms with Crippen LogP contribution in [0.3, 0.4) is 0 Å². The van der Waals surface area contributed by atoms with Crippen LogP contribution in [-0.2, 0) is 14.3 Å². The number of carbonyl (C=O) groups is 3. The molecule has 108 valence electrons. The number of rotatable bonds is 7. The first-order valence-corrected chi connectivity index (χ1v) is 6.26. The largest absolute Gasteiger partial charge is 0.480 e. The molecule has 1 fully saturated rings. The first-order chi connectivity index (χ1) is 8.95. The average molecular weight is 272 g/mol. The molecule has 2 amide bonds. The number of hydrogen-bond acceptors (Lipinski definition) is 4. The highest BCUT2D eigenvalue weighted by Crippen LogP contribution is 2.27. The Morgan fingerprint density at radius 2 is 1.95 bits per heavy atom. The van der Waals surface area contributed by atoms with E-state index in [2.05, 4.69) is 4.74 Å². The molecule has 0 saturated heterocycles. The second kappa shape index (κ2) is 6.96. The minimum atomic E-state index is -1.01. The number of methoxy groups -OCH3 is 1. The van der Waals surface area contributed by atoms with E-state index < -0.39 is 5.97 Å². The molecule has 0 spiro atoms. The number of nitrogens with zero attached hydrogens (tertiary/aromatic N) is 2. The van der Waals surface area contributed by atoms with Gasteiger partial charge >= 0.3 is 18.0 Å².